The first-order chi connectivity index (χ1) is 10.1. The minimum absolute atomic E-state index is 0.0827. The SMILES string of the molecule is Cc1ccc2c(c1)N(C)C(=S)C2C(=O)Nc1ccccc1. The lowest BCUT2D eigenvalue weighted by atomic mass is 9.99. The number of aryl methyl sites for hydroxylation is 1. The first-order valence-electron chi connectivity index (χ1n) is 6.82. The number of hydrogen-bond acceptors (Lipinski definition) is 2. The van der Waals surface area contributed by atoms with Crippen LogP contribution in [0.5, 0.6) is 0 Å². The van der Waals surface area contributed by atoms with E-state index in [1.165, 1.54) is 0 Å². The average molecular weight is 296 g/mol. The molecule has 0 saturated carbocycles. The van der Waals surface area contributed by atoms with Crippen LogP contribution in [0.4, 0.5) is 11.4 Å². The molecule has 0 bridgehead atoms. The first kappa shape index (κ1) is 13.8. The van der Waals surface area contributed by atoms with Gasteiger partial charge in [0.25, 0.3) is 0 Å². The molecular formula is C17H16N2OS. The Morgan fingerprint density at radius 3 is 2.62 bits per heavy atom. The molecule has 2 aromatic carbocycles. The highest BCUT2D eigenvalue weighted by atomic mass is 32.1. The molecule has 4 heteroatoms. The van der Waals surface area contributed by atoms with Gasteiger partial charge in [-0.15, -0.1) is 0 Å². The second kappa shape index (κ2) is 5.30. The minimum atomic E-state index is -0.402. The van der Waals surface area contributed by atoms with Crippen molar-refractivity contribution in [3.63, 3.8) is 0 Å². The molecule has 106 valence electrons. The fourth-order valence-corrected chi connectivity index (χ4v) is 2.96. The molecule has 0 aromatic heterocycles. The number of benzene rings is 2. The van der Waals surface area contributed by atoms with Gasteiger partial charge in [0.15, 0.2) is 0 Å². The standard InChI is InChI=1S/C17H16N2OS/c1-11-8-9-13-14(10-11)19(2)17(21)15(13)16(20)18-12-6-4-3-5-7-12/h3-10,15H,1-2H3,(H,18,20). The van der Waals surface area contributed by atoms with Crippen molar-refractivity contribution in [3.8, 4) is 0 Å². The molecule has 0 aliphatic carbocycles. The molecule has 0 fully saturated rings. The van der Waals surface area contributed by atoms with Crippen molar-refractivity contribution >= 4 is 34.5 Å². The van der Waals surface area contributed by atoms with E-state index in [9.17, 15) is 4.79 Å². The Balaban J connectivity index is 1.93. The van der Waals surface area contributed by atoms with E-state index in [0.717, 1.165) is 22.5 Å². The molecule has 0 saturated heterocycles. The largest absolute Gasteiger partial charge is 0.338 e. The van der Waals surface area contributed by atoms with E-state index in [-0.39, 0.29) is 5.91 Å². The van der Waals surface area contributed by atoms with E-state index in [4.69, 9.17) is 12.2 Å². The zero-order valence-electron chi connectivity index (χ0n) is 12.0. The summed E-state index contributed by atoms with van der Waals surface area (Å²) in [6.45, 7) is 2.04. The van der Waals surface area contributed by atoms with Crippen molar-refractivity contribution in [1.82, 2.24) is 0 Å². The second-order valence-corrected chi connectivity index (χ2v) is 5.67. The predicted octanol–water partition coefficient (Wildman–Crippen LogP) is 3.49. The third-order valence-electron chi connectivity index (χ3n) is 3.74. The fourth-order valence-electron chi connectivity index (χ4n) is 2.62. The van der Waals surface area contributed by atoms with Crippen LogP contribution in [0.2, 0.25) is 0 Å². The number of fused-ring (bicyclic) bond motifs is 1. The monoisotopic (exact) mass is 296 g/mol. The van der Waals surface area contributed by atoms with Gasteiger partial charge >= 0.3 is 0 Å². The van der Waals surface area contributed by atoms with Gasteiger partial charge in [-0.1, -0.05) is 42.5 Å². The lowest BCUT2D eigenvalue weighted by Crippen LogP contribution is -2.30. The van der Waals surface area contributed by atoms with Crippen molar-refractivity contribution in [2.24, 2.45) is 0 Å². The van der Waals surface area contributed by atoms with Gasteiger partial charge in [-0.2, -0.15) is 0 Å². The van der Waals surface area contributed by atoms with Crippen LogP contribution in [-0.2, 0) is 4.79 Å². The van der Waals surface area contributed by atoms with Crippen LogP contribution in [0.15, 0.2) is 48.5 Å². The molecule has 1 N–H and O–H groups in total. The molecule has 1 unspecified atom stereocenters. The summed E-state index contributed by atoms with van der Waals surface area (Å²) in [6.07, 6.45) is 0. The molecule has 3 rings (SSSR count). The highest BCUT2D eigenvalue weighted by Gasteiger charge is 2.36. The van der Waals surface area contributed by atoms with Gasteiger partial charge in [0.05, 0.1) is 4.99 Å². The maximum Gasteiger partial charge on any atom is 0.238 e. The number of rotatable bonds is 2. The first-order valence-corrected chi connectivity index (χ1v) is 7.23. The number of nitrogens with one attached hydrogen (secondary N) is 1. The average Bonchev–Trinajstić information content (AvgIpc) is 2.72. The number of carbonyl (C=O) groups is 1. The Morgan fingerprint density at radius 1 is 1.19 bits per heavy atom. The maximum absolute atomic E-state index is 12.6. The number of anilines is 2. The van der Waals surface area contributed by atoms with Crippen molar-refractivity contribution in [2.75, 3.05) is 17.3 Å². The molecule has 0 spiro atoms. The summed E-state index contributed by atoms with van der Waals surface area (Å²) >= 11 is 5.47. The van der Waals surface area contributed by atoms with Crippen LogP contribution in [-0.4, -0.2) is 17.9 Å². The number of likely N-dealkylation sites (N-methyl/N-ethyl adjacent to an activating group) is 1. The summed E-state index contributed by atoms with van der Waals surface area (Å²) in [5, 5.41) is 2.94. The van der Waals surface area contributed by atoms with Crippen LogP contribution in [0.25, 0.3) is 0 Å². The van der Waals surface area contributed by atoms with Gasteiger partial charge < -0.3 is 10.2 Å². The Hall–Kier alpha value is -2.20. The number of amides is 1. The molecule has 1 aliphatic rings. The molecule has 1 aliphatic heterocycles. The summed E-state index contributed by atoms with van der Waals surface area (Å²) in [5.41, 5.74) is 3.94. The van der Waals surface area contributed by atoms with Crippen LogP contribution >= 0.6 is 12.2 Å². The van der Waals surface area contributed by atoms with Gasteiger partial charge in [-0.3, -0.25) is 4.79 Å². The summed E-state index contributed by atoms with van der Waals surface area (Å²) in [4.78, 5) is 15.2. The Morgan fingerprint density at radius 2 is 1.90 bits per heavy atom. The van der Waals surface area contributed by atoms with Gasteiger partial charge in [0.1, 0.15) is 5.92 Å². The van der Waals surface area contributed by atoms with Crippen molar-refractivity contribution in [2.45, 2.75) is 12.8 Å². The van der Waals surface area contributed by atoms with E-state index >= 15 is 0 Å². The highest BCUT2D eigenvalue weighted by molar-refractivity contribution is 7.80. The Kier molecular flexibility index (Phi) is 3.47. The van der Waals surface area contributed by atoms with E-state index in [1.807, 2.05) is 61.3 Å². The van der Waals surface area contributed by atoms with Crippen LogP contribution in [0.3, 0.4) is 0 Å². The second-order valence-electron chi connectivity index (χ2n) is 5.25. The summed E-state index contributed by atoms with van der Waals surface area (Å²) < 4.78 is 0. The summed E-state index contributed by atoms with van der Waals surface area (Å²) in [7, 11) is 1.91. The zero-order chi connectivity index (χ0) is 15.0. The summed E-state index contributed by atoms with van der Waals surface area (Å²) in [5.74, 6) is -0.485. The summed E-state index contributed by atoms with van der Waals surface area (Å²) in [6, 6.07) is 15.5. The predicted molar refractivity (Wildman–Crippen MR) is 90.0 cm³/mol. The fraction of sp³-hybridized carbons (Fsp3) is 0.176. The van der Waals surface area contributed by atoms with Crippen LogP contribution in [0.1, 0.15) is 17.0 Å². The quantitative estimate of drug-likeness (QED) is 0.861. The molecule has 1 atom stereocenters. The molecule has 1 heterocycles. The molecular weight excluding hydrogens is 280 g/mol. The zero-order valence-corrected chi connectivity index (χ0v) is 12.8. The Labute approximate surface area is 129 Å². The lowest BCUT2D eigenvalue weighted by Gasteiger charge is -2.14. The van der Waals surface area contributed by atoms with Crippen molar-refractivity contribution in [3.05, 3.63) is 59.7 Å². The van der Waals surface area contributed by atoms with Crippen molar-refractivity contribution < 1.29 is 4.79 Å². The number of hydrogen-bond donors (Lipinski definition) is 1. The van der Waals surface area contributed by atoms with Gasteiger partial charge in [0.2, 0.25) is 5.91 Å². The third-order valence-corrected chi connectivity index (χ3v) is 4.25. The molecule has 3 nitrogen and oxygen atoms in total. The molecule has 1 amide bonds. The molecule has 0 radical (unpaired) electrons. The topological polar surface area (TPSA) is 32.3 Å². The van der Waals surface area contributed by atoms with E-state index in [1.54, 1.807) is 0 Å². The van der Waals surface area contributed by atoms with Gasteiger partial charge in [0, 0.05) is 18.4 Å². The number of para-hydroxylation sites is 1. The molecule has 2 aromatic rings. The van der Waals surface area contributed by atoms with E-state index in [0.29, 0.717) is 4.99 Å². The Bertz CT molecular complexity index is 712. The maximum atomic E-state index is 12.6. The number of carbonyl (C=O) groups excluding carboxylic acids is 1. The third kappa shape index (κ3) is 2.43. The van der Waals surface area contributed by atoms with E-state index in [2.05, 4.69) is 11.4 Å². The number of nitrogens with zero attached hydrogens (tertiary/aromatic N) is 1. The van der Waals surface area contributed by atoms with E-state index < -0.39 is 5.92 Å². The molecule has 21 heavy (non-hydrogen) atoms. The smallest absolute Gasteiger partial charge is 0.238 e. The minimum Gasteiger partial charge on any atom is -0.338 e. The highest BCUT2D eigenvalue weighted by Crippen LogP contribution is 2.38. The van der Waals surface area contributed by atoms with Gasteiger partial charge in [-0.05, 0) is 36.2 Å². The van der Waals surface area contributed by atoms with Crippen LogP contribution in [0, 0.1) is 6.92 Å². The van der Waals surface area contributed by atoms with Crippen LogP contribution < -0.4 is 10.2 Å². The number of thiocarbonyl (C=S) groups is 1. The normalized spacial score (nSPS) is 16.8. The lowest BCUT2D eigenvalue weighted by molar-refractivity contribution is -0.116. The van der Waals surface area contributed by atoms with Crippen molar-refractivity contribution in [1.29, 1.82) is 0 Å². The van der Waals surface area contributed by atoms with Gasteiger partial charge in [-0.25, -0.2) is 0 Å².